The first-order chi connectivity index (χ1) is 13.9. The molecule has 0 aromatic carbocycles. The average molecular weight is 546 g/mol. The van der Waals surface area contributed by atoms with Crippen molar-refractivity contribution in [2.75, 3.05) is 53.2 Å². The van der Waals surface area contributed by atoms with Gasteiger partial charge >= 0.3 is 6.18 Å². The second-order valence-corrected chi connectivity index (χ2v) is 6.71. The molecule has 1 saturated heterocycles. The van der Waals surface area contributed by atoms with Gasteiger partial charge in [0.05, 0.1) is 26.4 Å². The molecule has 1 fully saturated rings. The number of hydrogen-bond donors (Lipinski definition) is 1. The van der Waals surface area contributed by atoms with E-state index in [2.05, 4.69) is 20.2 Å². The average Bonchev–Trinajstić information content (AvgIpc) is 3.16. The topological polar surface area (TPSA) is 68.2 Å². The number of nitrogens with one attached hydrogen (secondary N) is 1. The summed E-state index contributed by atoms with van der Waals surface area (Å²) in [6.07, 6.45) is -2.02. The van der Waals surface area contributed by atoms with Gasteiger partial charge in [-0.3, -0.25) is 0 Å². The fourth-order valence-electron chi connectivity index (χ4n) is 2.96. The Morgan fingerprint density at radius 2 is 2.17 bits per heavy atom. The van der Waals surface area contributed by atoms with Crippen molar-refractivity contribution in [2.24, 2.45) is 10.9 Å². The van der Waals surface area contributed by atoms with E-state index in [-0.39, 0.29) is 36.4 Å². The summed E-state index contributed by atoms with van der Waals surface area (Å²) in [6.45, 7) is 4.92. The van der Waals surface area contributed by atoms with Crippen LogP contribution in [0.5, 0.6) is 5.88 Å². The molecule has 7 nitrogen and oxygen atoms in total. The Morgan fingerprint density at radius 3 is 2.87 bits per heavy atom. The second-order valence-electron chi connectivity index (χ2n) is 6.71. The SMILES string of the molecule is CCNC(=NCc1cccnc1OCC(F)(F)F)N1CCC(COCCOC)C1.I. The maximum absolute atomic E-state index is 12.4. The van der Waals surface area contributed by atoms with Gasteiger partial charge in [0, 0.05) is 44.4 Å². The minimum Gasteiger partial charge on any atom is -0.468 e. The van der Waals surface area contributed by atoms with E-state index in [1.165, 1.54) is 6.20 Å². The molecule has 0 saturated carbocycles. The third kappa shape index (κ3) is 9.65. The molecule has 2 rings (SSSR count). The number of halogens is 4. The molecule has 30 heavy (non-hydrogen) atoms. The Kier molecular flexibility index (Phi) is 12.3. The first kappa shape index (κ1) is 26.7. The second kappa shape index (κ2) is 13.9. The molecule has 1 N–H and O–H groups in total. The third-order valence-corrected chi connectivity index (χ3v) is 4.33. The number of aromatic nitrogens is 1. The number of alkyl halides is 3. The molecule has 1 aliphatic heterocycles. The van der Waals surface area contributed by atoms with Crippen molar-refractivity contribution in [1.29, 1.82) is 0 Å². The van der Waals surface area contributed by atoms with Crippen LogP contribution in [0.25, 0.3) is 0 Å². The summed E-state index contributed by atoms with van der Waals surface area (Å²) in [6, 6.07) is 3.32. The normalized spacial score (nSPS) is 17.0. The van der Waals surface area contributed by atoms with Gasteiger partial charge in [-0.05, 0) is 19.4 Å². The van der Waals surface area contributed by atoms with Gasteiger partial charge in [-0.15, -0.1) is 24.0 Å². The molecule has 2 heterocycles. The molecule has 0 spiro atoms. The summed E-state index contributed by atoms with van der Waals surface area (Å²) in [4.78, 5) is 10.6. The van der Waals surface area contributed by atoms with Gasteiger partial charge in [-0.2, -0.15) is 13.2 Å². The van der Waals surface area contributed by atoms with Crippen molar-refractivity contribution < 1.29 is 27.4 Å². The van der Waals surface area contributed by atoms with Gasteiger partial charge in [-0.25, -0.2) is 9.98 Å². The first-order valence-electron chi connectivity index (χ1n) is 9.66. The minimum absolute atomic E-state index is 0. The van der Waals surface area contributed by atoms with Gasteiger partial charge in [0.1, 0.15) is 0 Å². The highest BCUT2D eigenvalue weighted by molar-refractivity contribution is 14.0. The Bertz CT molecular complexity index is 650. The highest BCUT2D eigenvalue weighted by atomic mass is 127. The van der Waals surface area contributed by atoms with Crippen molar-refractivity contribution in [2.45, 2.75) is 26.1 Å². The van der Waals surface area contributed by atoms with E-state index >= 15 is 0 Å². The van der Waals surface area contributed by atoms with Crippen LogP contribution in [-0.2, 0) is 16.0 Å². The summed E-state index contributed by atoms with van der Waals surface area (Å²) < 4.78 is 52.8. The van der Waals surface area contributed by atoms with E-state index in [1.807, 2.05) is 6.92 Å². The van der Waals surface area contributed by atoms with Crippen LogP contribution in [0.15, 0.2) is 23.3 Å². The molecule has 1 aromatic heterocycles. The Balaban J connectivity index is 0.00000450. The van der Waals surface area contributed by atoms with Crippen LogP contribution in [0.2, 0.25) is 0 Å². The predicted octanol–water partition coefficient (Wildman–Crippen LogP) is 3.09. The van der Waals surface area contributed by atoms with Gasteiger partial charge in [-0.1, -0.05) is 6.07 Å². The molecule has 11 heteroatoms. The van der Waals surface area contributed by atoms with E-state index < -0.39 is 12.8 Å². The summed E-state index contributed by atoms with van der Waals surface area (Å²) in [5.74, 6) is 1.08. The quantitative estimate of drug-likeness (QED) is 0.211. The Morgan fingerprint density at radius 1 is 1.37 bits per heavy atom. The number of hydrogen-bond acceptors (Lipinski definition) is 5. The van der Waals surface area contributed by atoms with Gasteiger partial charge in [0.2, 0.25) is 5.88 Å². The summed E-state index contributed by atoms with van der Waals surface area (Å²) in [5.41, 5.74) is 0.505. The van der Waals surface area contributed by atoms with Crippen LogP contribution in [0.3, 0.4) is 0 Å². The number of rotatable bonds is 10. The number of methoxy groups -OCH3 is 1. The summed E-state index contributed by atoms with van der Waals surface area (Å²) in [5, 5.41) is 3.24. The van der Waals surface area contributed by atoms with Crippen LogP contribution in [-0.4, -0.2) is 75.2 Å². The lowest BCUT2D eigenvalue weighted by molar-refractivity contribution is -0.154. The number of ether oxygens (including phenoxy) is 3. The zero-order valence-corrected chi connectivity index (χ0v) is 19.6. The zero-order chi connectivity index (χ0) is 21.1. The number of guanidine groups is 1. The van der Waals surface area contributed by atoms with E-state index in [4.69, 9.17) is 14.2 Å². The Labute approximate surface area is 192 Å². The van der Waals surface area contributed by atoms with Gasteiger partial charge < -0.3 is 24.4 Å². The zero-order valence-electron chi connectivity index (χ0n) is 17.3. The van der Waals surface area contributed by atoms with Crippen LogP contribution < -0.4 is 10.1 Å². The number of aliphatic imine (C=N–C) groups is 1. The number of nitrogens with zero attached hydrogens (tertiary/aromatic N) is 3. The highest BCUT2D eigenvalue weighted by Crippen LogP contribution is 2.21. The number of likely N-dealkylation sites (tertiary alicyclic amines) is 1. The maximum atomic E-state index is 12.4. The van der Waals surface area contributed by atoms with E-state index in [9.17, 15) is 13.2 Å². The molecule has 1 aliphatic rings. The van der Waals surface area contributed by atoms with Crippen molar-refractivity contribution in [1.82, 2.24) is 15.2 Å². The largest absolute Gasteiger partial charge is 0.468 e. The lowest BCUT2D eigenvalue weighted by Gasteiger charge is -2.22. The lowest BCUT2D eigenvalue weighted by atomic mass is 10.1. The van der Waals surface area contributed by atoms with E-state index in [0.717, 1.165) is 25.5 Å². The van der Waals surface area contributed by atoms with Crippen LogP contribution in [0.1, 0.15) is 18.9 Å². The van der Waals surface area contributed by atoms with Crippen molar-refractivity contribution in [3.05, 3.63) is 23.9 Å². The smallest absolute Gasteiger partial charge is 0.422 e. The van der Waals surface area contributed by atoms with Crippen molar-refractivity contribution in [3.8, 4) is 5.88 Å². The van der Waals surface area contributed by atoms with Gasteiger partial charge in [0.15, 0.2) is 12.6 Å². The van der Waals surface area contributed by atoms with Crippen molar-refractivity contribution in [3.63, 3.8) is 0 Å². The van der Waals surface area contributed by atoms with Crippen molar-refractivity contribution >= 4 is 29.9 Å². The molecule has 1 unspecified atom stereocenters. The van der Waals surface area contributed by atoms with Crippen LogP contribution >= 0.6 is 24.0 Å². The lowest BCUT2D eigenvalue weighted by Crippen LogP contribution is -2.40. The fraction of sp³-hybridized carbons (Fsp3) is 0.684. The standard InChI is InChI=1S/C19H29F3N4O3.HI/c1-3-23-18(26-8-6-15(12-26)13-28-10-9-27-2)25-11-16-5-4-7-24-17(16)29-14-19(20,21)22;/h4-5,7,15H,3,6,8-14H2,1-2H3,(H,23,25);1H. The molecule has 1 aromatic rings. The number of pyridine rings is 1. The Hall–Kier alpha value is -1.34. The maximum Gasteiger partial charge on any atom is 0.422 e. The summed E-state index contributed by atoms with van der Waals surface area (Å²) in [7, 11) is 1.64. The molecule has 0 amide bonds. The summed E-state index contributed by atoms with van der Waals surface area (Å²) >= 11 is 0. The van der Waals surface area contributed by atoms with E-state index in [1.54, 1.807) is 19.2 Å². The highest BCUT2D eigenvalue weighted by Gasteiger charge is 2.29. The fourth-order valence-corrected chi connectivity index (χ4v) is 2.96. The molecular weight excluding hydrogens is 516 g/mol. The molecule has 0 aliphatic carbocycles. The molecule has 1 atom stereocenters. The minimum atomic E-state index is -4.41. The molecule has 0 bridgehead atoms. The van der Waals surface area contributed by atoms with E-state index in [0.29, 0.717) is 37.8 Å². The molecular formula is C19H30F3IN4O3. The van der Waals surface area contributed by atoms with Crippen LogP contribution in [0, 0.1) is 5.92 Å². The molecule has 0 radical (unpaired) electrons. The molecule has 172 valence electrons. The van der Waals surface area contributed by atoms with Gasteiger partial charge in [0.25, 0.3) is 0 Å². The third-order valence-electron chi connectivity index (χ3n) is 4.33. The first-order valence-corrected chi connectivity index (χ1v) is 9.66. The van der Waals surface area contributed by atoms with Crippen LogP contribution in [0.4, 0.5) is 13.2 Å². The predicted molar refractivity (Wildman–Crippen MR) is 118 cm³/mol. The monoisotopic (exact) mass is 546 g/mol.